The van der Waals surface area contributed by atoms with E-state index in [2.05, 4.69) is 0 Å². The van der Waals surface area contributed by atoms with Crippen molar-refractivity contribution in [1.29, 1.82) is 0 Å². The van der Waals surface area contributed by atoms with E-state index in [0.717, 1.165) is 0 Å². The lowest BCUT2D eigenvalue weighted by Gasteiger charge is -2.20. The molecule has 1 aromatic carbocycles. The summed E-state index contributed by atoms with van der Waals surface area (Å²) < 4.78 is 6.61. The van der Waals surface area contributed by atoms with Crippen LogP contribution in [0.1, 0.15) is 26.3 Å². The first-order chi connectivity index (χ1) is 10.6. The molecule has 2 aromatic rings. The minimum Gasteiger partial charge on any atom is -0.480 e. The number of ether oxygens (including phenoxy) is 1. The third-order valence-electron chi connectivity index (χ3n) is 3.23. The van der Waals surface area contributed by atoms with E-state index in [9.17, 15) is 9.59 Å². The van der Waals surface area contributed by atoms with Gasteiger partial charge in [0.2, 0.25) is 0 Å². The van der Waals surface area contributed by atoms with Gasteiger partial charge in [-0.1, -0.05) is 29.8 Å². The quantitative estimate of drug-likeness (QED) is 0.897. The average Bonchev–Trinajstić information content (AvgIpc) is 2.69. The molecule has 6 nitrogen and oxygen atoms in total. The van der Waals surface area contributed by atoms with Crippen molar-refractivity contribution in [3.8, 4) is 0 Å². The highest BCUT2D eigenvalue weighted by molar-refractivity contribution is 6.33. The maximum absolute atomic E-state index is 12.4. The van der Waals surface area contributed by atoms with Gasteiger partial charge in [-0.15, -0.1) is 0 Å². The number of nitrogens with zero attached hydrogens (tertiary/aromatic N) is 1. The molecule has 0 saturated carbocycles. The van der Waals surface area contributed by atoms with E-state index in [-0.39, 0.29) is 11.6 Å². The van der Waals surface area contributed by atoms with Gasteiger partial charge in [0.05, 0.1) is 5.52 Å². The predicted molar refractivity (Wildman–Crippen MR) is 87.9 cm³/mol. The van der Waals surface area contributed by atoms with Crippen molar-refractivity contribution in [1.82, 2.24) is 4.57 Å². The van der Waals surface area contributed by atoms with Gasteiger partial charge in [0, 0.05) is 11.8 Å². The molecule has 2 rings (SSSR count). The molecule has 0 aliphatic heterocycles. The smallest absolute Gasteiger partial charge is 0.420 e. The second kappa shape index (κ2) is 6.22. The van der Waals surface area contributed by atoms with Crippen LogP contribution >= 0.6 is 11.6 Å². The van der Waals surface area contributed by atoms with Gasteiger partial charge >= 0.3 is 12.1 Å². The van der Waals surface area contributed by atoms with Gasteiger partial charge < -0.3 is 15.6 Å². The van der Waals surface area contributed by atoms with Crippen LogP contribution in [0.15, 0.2) is 24.3 Å². The molecule has 0 bridgehead atoms. The topological polar surface area (TPSA) is 94.5 Å². The molecule has 23 heavy (non-hydrogen) atoms. The number of carbonyl (C=O) groups is 2. The molecule has 3 N–H and O–H groups in total. The van der Waals surface area contributed by atoms with Crippen LogP contribution in [0, 0.1) is 0 Å². The zero-order chi connectivity index (χ0) is 17.4. The van der Waals surface area contributed by atoms with Gasteiger partial charge in [-0.2, -0.15) is 0 Å². The van der Waals surface area contributed by atoms with Gasteiger partial charge in [0.25, 0.3) is 0 Å². The van der Waals surface area contributed by atoms with Crippen LogP contribution in [0.2, 0.25) is 5.15 Å². The number of carboxylic acids is 1. The lowest BCUT2D eigenvalue weighted by molar-refractivity contribution is -0.138. The number of aliphatic carboxylic acids is 1. The Balaban J connectivity index is 2.56. The van der Waals surface area contributed by atoms with Crippen molar-refractivity contribution < 1.29 is 19.4 Å². The van der Waals surface area contributed by atoms with Crippen molar-refractivity contribution in [2.45, 2.75) is 38.8 Å². The average molecular weight is 339 g/mol. The van der Waals surface area contributed by atoms with Crippen LogP contribution in [-0.2, 0) is 16.0 Å². The SMILES string of the molecule is CC(C)(C)OC(=O)n1c(Cl)c(C[C@@H](N)C(=O)O)c2ccccc21. The second-order valence-corrected chi connectivity index (χ2v) is 6.61. The number of aromatic nitrogens is 1. The molecule has 0 unspecified atom stereocenters. The molecular formula is C16H19ClN2O4. The summed E-state index contributed by atoms with van der Waals surface area (Å²) in [5.74, 6) is -1.13. The molecule has 1 aromatic heterocycles. The fourth-order valence-corrected chi connectivity index (χ4v) is 2.60. The van der Waals surface area contributed by atoms with Crippen molar-refractivity contribution in [3.05, 3.63) is 35.0 Å². The molecular weight excluding hydrogens is 320 g/mol. The zero-order valence-corrected chi connectivity index (χ0v) is 13.9. The Morgan fingerprint density at radius 3 is 2.52 bits per heavy atom. The van der Waals surface area contributed by atoms with Gasteiger partial charge in [0.1, 0.15) is 16.8 Å². The Morgan fingerprint density at radius 2 is 1.96 bits per heavy atom. The minimum absolute atomic E-state index is 0.0183. The van der Waals surface area contributed by atoms with Gasteiger partial charge in [-0.05, 0) is 32.4 Å². The van der Waals surface area contributed by atoms with E-state index in [1.165, 1.54) is 4.57 Å². The van der Waals surface area contributed by atoms with E-state index in [4.69, 9.17) is 27.2 Å². The van der Waals surface area contributed by atoms with E-state index in [1.807, 2.05) is 0 Å². The first kappa shape index (κ1) is 17.3. The molecule has 1 heterocycles. The Labute approximate surface area is 138 Å². The molecule has 1 atom stereocenters. The maximum atomic E-state index is 12.4. The summed E-state index contributed by atoms with van der Waals surface area (Å²) in [6, 6.07) is 5.94. The molecule has 7 heteroatoms. The number of hydrogen-bond donors (Lipinski definition) is 2. The summed E-state index contributed by atoms with van der Waals surface area (Å²) >= 11 is 6.34. The molecule has 0 aliphatic carbocycles. The lowest BCUT2D eigenvalue weighted by Crippen LogP contribution is -2.32. The highest BCUT2D eigenvalue weighted by atomic mass is 35.5. The summed E-state index contributed by atoms with van der Waals surface area (Å²) in [5.41, 5.74) is 6.01. The summed E-state index contributed by atoms with van der Waals surface area (Å²) in [6.45, 7) is 5.27. The highest BCUT2D eigenvalue weighted by Crippen LogP contribution is 2.31. The number of rotatable bonds is 3. The first-order valence-corrected chi connectivity index (χ1v) is 7.49. The molecule has 0 saturated heterocycles. The van der Waals surface area contributed by atoms with Crippen LogP contribution in [-0.4, -0.2) is 33.4 Å². The number of para-hydroxylation sites is 1. The number of hydrogen-bond acceptors (Lipinski definition) is 4. The minimum atomic E-state index is -1.13. The van der Waals surface area contributed by atoms with Crippen molar-refractivity contribution in [2.24, 2.45) is 5.73 Å². The van der Waals surface area contributed by atoms with Crippen LogP contribution in [0.5, 0.6) is 0 Å². The third kappa shape index (κ3) is 3.65. The fourth-order valence-electron chi connectivity index (χ4n) is 2.26. The van der Waals surface area contributed by atoms with Gasteiger partial charge in [-0.3, -0.25) is 4.79 Å². The Bertz CT molecular complexity index is 761. The number of carboxylic acid groups (broad SMARTS) is 1. The lowest BCUT2D eigenvalue weighted by atomic mass is 10.1. The molecule has 0 spiro atoms. The van der Waals surface area contributed by atoms with Crippen LogP contribution in [0.3, 0.4) is 0 Å². The van der Waals surface area contributed by atoms with E-state index < -0.39 is 23.7 Å². The number of nitrogens with two attached hydrogens (primary N) is 1. The molecule has 0 fully saturated rings. The third-order valence-corrected chi connectivity index (χ3v) is 3.63. The molecule has 0 radical (unpaired) electrons. The summed E-state index contributed by atoms with van der Waals surface area (Å²) in [5, 5.41) is 9.81. The predicted octanol–water partition coefficient (Wildman–Crippen LogP) is 3.03. The van der Waals surface area contributed by atoms with E-state index in [0.29, 0.717) is 16.5 Å². The first-order valence-electron chi connectivity index (χ1n) is 7.11. The molecule has 0 amide bonds. The number of fused-ring (bicyclic) bond motifs is 1. The van der Waals surface area contributed by atoms with Gasteiger partial charge in [-0.25, -0.2) is 9.36 Å². The normalized spacial score (nSPS) is 13.1. The van der Waals surface area contributed by atoms with Crippen LogP contribution in [0.4, 0.5) is 4.79 Å². The zero-order valence-electron chi connectivity index (χ0n) is 13.2. The molecule has 0 aliphatic rings. The van der Waals surface area contributed by atoms with E-state index >= 15 is 0 Å². The van der Waals surface area contributed by atoms with Crippen molar-refractivity contribution >= 4 is 34.6 Å². The Hall–Kier alpha value is -2.05. The second-order valence-electron chi connectivity index (χ2n) is 6.25. The fraction of sp³-hybridized carbons (Fsp3) is 0.375. The highest BCUT2D eigenvalue weighted by Gasteiger charge is 2.26. The van der Waals surface area contributed by atoms with E-state index in [1.54, 1.807) is 45.0 Å². The maximum Gasteiger partial charge on any atom is 0.420 e. The van der Waals surface area contributed by atoms with Gasteiger partial charge in [0.15, 0.2) is 0 Å². The monoisotopic (exact) mass is 338 g/mol. The summed E-state index contributed by atoms with van der Waals surface area (Å²) in [7, 11) is 0. The number of halogens is 1. The standard InChI is InChI=1S/C16H19ClN2O4/c1-16(2,3)23-15(22)19-12-7-5-4-6-9(12)10(13(19)17)8-11(18)14(20)21/h4-7,11H,8,18H2,1-3H3,(H,20,21)/t11-/m1/s1. The Morgan fingerprint density at radius 1 is 1.35 bits per heavy atom. The number of carbonyl (C=O) groups excluding carboxylic acids is 1. The summed E-state index contributed by atoms with van der Waals surface area (Å²) in [4.78, 5) is 23.4. The van der Waals surface area contributed by atoms with Crippen LogP contribution in [0.25, 0.3) is 10.9 Å². The summed E-state index contributed by atoms with van der Waals surface area (Å²) in [6.07, 6.45) is -0.598. The number of benzene rings is 1. The van der Waals surface area contributed by atoms with Crippen molar-refractivity contribution in [2.75, 3.05) is 0 Å². The van der Waals surface area contributed by atoms with Crippen LogP contribution < -0.4 is 5.73 Å². The van der Waals surface area contributed by atoms with Crippen molar-refractivity contribution in [3.63, 3.8) is 0 Å². The molecule has 124 valence electrons. The Kier molecular flexibility index (Phi) is 4.68. The largest absolute Gasteiger partial charge is 0.480 e.